The number of amides is 1. The molecule has 140 valence electrons. The minimum atomic E-state index is -0.923. The Labute approximate surface area is 157 Å². The highest BCUT2D eigenvalue weighted by molar-refractivity contribution is 6.36. The molecule has 11 heteroatoms. The highest BCUT2D eigenvalue weighted by Gasteiger charge is 2.26. The van der Waals surface area contributed by atoms with Crippen LogP contribution in [-0.2, 0) is 4.74 Å². The van der Waals surface area contributed by atoms with Crippen LogP contribution in [0.25, 0.3) is 0 Å². The number of nitrogens with one attached hydrogen (secondary N) is 1. The molecule has 0 atom stereocenters. The van der Waals surface area contributed by atoms with Crippen LogP contribution in [0.5, 0.6) is 0 Å². The largest absolute Gasteiger partial charge is 0.462 e. The number of nitrogens with zero attached hydrogens (tertiary/aromatic N) is 2. The van der Waals surface area contributed by atoms with E-state index in [4.69, 9.17) is 16.3 Å². The van der Waals surface area contributed by atoms with E-state index in [1.165, 1.54) is 24.3 Å². The van der Waals surface area contributed by atoms with Crippen LogP contribution in [-0.4, -0.2) is 28.3 Å². The Morgan fingerprint density at radius 2 is 1.85 bits per heavy atom. The van der Waals surface area contributed by atoms with Crippen molar-refractivity contribution in [1.29, 1.82) is 0 Å². The molecule has 1 N–H and O–H groups in total. The normalized spacial score (nSPS) is 10.1. The van der Waals surface area contributed by atoms with E-state index >= 15 is 0 Å². The molecule has 0 heterocycles. The molecule has 0 aromatic heterocycles. The van der Waals surface area contributed by atoms with E-state index in [2.05, 4.69) is 5.32 Å². The van der Waals surface area contributed by atoms with Gasteiger partial charge in [0.05, 0.1) is 33.6 Å². The lowest BCUT2D eigenvalue weighted by atomic mass is 10.1. The fourth-order valence-corrected chi connectivity index (χ4v) is 2.40. The summed E-state index contributed by atoms with van der Waals surface area (Å²) in [5.74, 6) is -1.51. The van der Waals surface area contributed by atoms with E-state index in [1.807, 2.05) is 0 Å². The summed E-state index contributed by atoms with van der Waals surface area (Å²) in [6.45, 7) is 1.81. The molecule has 0 radical (unpaired) electrons. The summed E-state index contributed by atoms with van der Waals surface area (Å²) < 4.78 is 4.85. The predicted octanol–water partition coefficient (Wildman–Crippen LogP) is 3.59. The first-order chi connectivity index (χ1) is 12.7. The molecule has 0 spiro atoms. The summed E-state index contributed by atoms with van der Waals surface area (Å²) in [6.07, 6.45) is 0. The number of nitro groups is 2. The number of hydrogen-bond acceptors (Lipinski definition) is 7. The first-order valence-electron chi connectivity index (χ1n) is 7.45. The van der Waals surface area contributed by atoms with E-state index < -0.39 is 43.7 Å². The number of anilines is 1. The number of hydrogen-bond donors (Lipinski definition) is 1. The molecule has 10 nitrogen and oxygen atoms in total. The molecule has 0 aliphatic carbocycles. The minimum Gasteiger partial charge on any atom is -0.462 e. The Balaban J connectivity index is 2.38. The zero-order valence-corrected chi connectivity index (χ0v) is 14.6. The topological polar surface area (TPSA) is 142 Å². The lowest BCUT2D eigenvalue weighted by Crippen LogP contribution is -2.14. The summed E-state index contributed by atoms with van der Waals surface area (Å²) in [5.41, 5.74) is -1.52. The molecule has 0 unspecified atom stereocenters. The molecule has 0 aliphatic rings. The van der Waals surface area contributed by atoms with Crippen molar-refractivity contribution in [1.82, 2.24) is 0 Å². The molecule has 2 aromatic carbocycles. The van der Waals surface area contributed by atoms with E-state index in [1.54, 1.807) is 6.92 Å². The van der Waals surface area contributed by atoms with Gasteiger partial charge in [-0.3, -0.25) is 25.0 Å². The van der Waals surface area contributed by atoms with E-state index in [9.17, 15) is 29.8 Å². The van der Waals surface area contributed by atoms with Crippen molar-refractivity contribution in [2.75, 3.05) is 11.9 Å². The van der Waals surface area contributed by atoms with Crippen LogP contribution in [0.1, 0.15) is 27.6 Å². The Kier molecular flexibility index (Phi) is 6.03. The maximum Gasteiger partial charge on any atom is 0.338 e. The number of nitro benzene ring substituents is 2. The fraction of sp³-hybridized carbons (Fsp3) is 0.125. The van der Waals surface area contributed by atoms with Crippen LogP contribution in [0, 0.1) is 20.2 Å². The van der Waals surface area contributed by atoms with Crippen LogP contribution in [0.15, 0.2) is 36.4 Å². The van der Waals surface area contributed by atoms with Gasteiger partial charge in [0.2, 0.25) is 0 Å². The van der Waals surface area contributed by atoms with Crippen LogP contribution < -0.4 is 5.32 Å². The second kappa shape index (κ2) is 8.23. The third kappa shape index (κ3) is 4.55. The van der Waals surface area contributed by atoms with Crippen molar-refractivity contribution in [3.63, 3.8) is 0 Å². The van der Waals surface area contributed by atoms with Gasteiger partial charge < -0.3 is 10.1 Å². The number of rotatable bonds is 6. The van der Waals surface area contributed by atoms with Gasteiger partial charge in [-0.1, -0.05) is 17.7 Å². The molecule has 2 rings (SSSR count). The van der Waals surface area contributed by atoms with Gasteiger partial charge in [-0.15, -0.1) is 0 Å². The maximum absolute atomic E-state index is 12.4. The first-order valence-corrected chi connectivity index (χ1v) is 7.83. The Bertz CT molecular complexity index is 946. The average Bonchev–Trinajstić information content (AvgIpc) is 2.61. The van der Waals surface area contributed by atoms with Crippen LogP contribution in [0.2, 0.25) is 5.02 Å². The first kappa shape index (κ1) is 19.8. The standard InChI is InChI=1S/C16H12ClN3O7/c1-2-27-16(22)9-4-3-5-10(6-9)18-15(21)12-7-11(19(23)24)8-13(14(12)17)20(25)26/h3-8H,2H2,1H3,(H,18,21). The molecule has 2 aromatic rings. The molecular weight excluding hydrogens is 382 g/mol. The summed E-state index contributed by atoms with van der Waals surface area (Å²) in [4.78, 5) is 44.4. The van der Waals surface area contributed by atoms with Crippen molar-refractivity contribution < 1.29 is 24.2 Å². The minimum absolute atomic E-state index is 0.169. The van der Waals surface area contributed by atoms with Crippen molar-refractivity contribution in [3.8, 4) is 0 Å². The maximum atomic E-state index is 12.4. The van der Waals surface area contributed by atoms with Gasteiger partial charge in [0, 0.05) is 11.8 Å². The van der Waals surface area contributed by atoms with Gasteiger partial charge in [0.25, 0.3) is 17.3 Å². The third-order valence-electron chi connectivity index (χ3n) is 3.32. The fourth-order valence-electron chi connectivity index (χ4n) is 2.13. The van der Waals surface area contributed by atoms with Gasteiger partial charge in [0.15, 0.2) is 0 Å². The number of ether oxygens (including phenoxy) is 1. The van der Waals surface area contributed by atoms with Crippen LogP contribution in [0.3, 0.4) is 0 Å². The lowest BCUT2D eigenvalue weighted by Gasteiger charge is -2.09. The Hall–Kier alpha value is -3.53. The van der Waals surface area contributed by atoms with Crippen molar-refractivity contribution in [2.45, 2.75) is 6.92 Å². The highest BCUT2D eigenvalue weighted by atomic mass is 35.5. The molecule has 27 heavy (non-hydrogen) atoms. The number of esters is 1. The number of carbonyl (C=O) groups excluding carboxylic acids is 2. The van der Waals surface area contributed by atoms with Crippen molar-refractivity contribution >= 4 is 40.5 Å². The lowest BCUT2D eigenvalue weighted by molar-refractivity contribution is -0.394. The second-order valence-corrected chi connectivity index (χ2v) is 5.47. The Morgan fingerprint density at radius 3 is 2.44 bits per heavy atom. The zero-order chi connectivity index (χ0) is 20.1. The molecule has 0 saturated heterocycles. The molecular formula is C16H12ClN3O7. The summed E-state index contributed by atoms with van der Waals surface area (Å²) in [6, 6.07) is 7.24. The quantitative estimate of drug-likeness (QED) is 0.448. The molecule has 0 saturated carbocycles. The Morgan fingerprint density at radius 1 is 1.15 bits per heavy atom. The smallest absolute Gasteiger partial charge is 0.338 e. The van der Waals surface area contributed by atoms with Gasteiger partial charge in [-0.25, -0.2) is 4.79 Å². The summed E-state index contributed by atoms with van der Waals surface area (Å²) in [7, 11) is 0. The van der Waals surface area contributed by atoms with Gasteiger partial charge in [0.1, 0.15) is 5.02 Å². The van der Waals surface area contributed by atoms with E-state index in [0.717, 1.165) is 6.07 Å². The molecule has 0 bridgehead atoms. The predicted molar refractivity (Wildman–Crippen MR) is 95.1 cm³/mol. The van der Waals surface area contributed by atoms with E-state index in [0.29, 0.717) is 6.07 Å². The zero-order valence-electron chi connectivity index (χ0n) is 13.8. The van der Waals surface area contributed by atoms with Crippen molar-refractivity contribution in [3.05, 3.63) is 72.8 Å². The summed E-state index contributed by atoms with van der Waals surface area (Å²) in [5, 5.41) is 23.8. The molecule has 1 amide bonds. The van der Waals surface area contributed by atoms with E-state index in [-0.39, 0.29) is 17.9 Å². The summed E-state index contributed by atoms with van der Waals surface area (Å²) >= 11 is 5.87. The van der Waals surface area contributed by atoms with Gasteiger partial charge >= 0.3 is 5.97 Å². The third-order valence-corrected chi connectivity index (χ3v) is 3.72. The number of benzene rings is 2. The van der Waals surface area contributed by atoms with Crippen molar-refractivity contribution in [2.24, 2.45) is 0 Å². The number of halogens is 1. The average molecular weight is 394 g/mol. The molecule has 0 fully saturated rings. The van der Waals surface area contributed by atoms with Gasteiger partial charge in [-0.05, 0) is 25.1 Å². The van der Waals surface area contributed by atoms with Crippen LogP contribution >= 0.6 is 11.6 Å². The number of non-ortho nitro benzene ring substituents is 1. The highest BCUT2D eigenvalue weighted by Crippen LogP contribution is 2.33. The second-order valence-electron chi connectivity index (χ2n) is 5.10. The monoisotopic (exact) mass is 393 g/mol. The van der Waals surface area contributed by atoms with Gasteiger partial charge in [-0.2, -0.15) is 0 Å². The SMILES string of the molecule is CCOC(=O)c1cccc(NC(=O)c2cc([N+](=O)[O-])cc([N+](=O)[O-])c2Cl)c1. The van der Waals surface area contributed by atoms with Crippen LogP contribution in [0.4, 0.5) is 17.1 Å². The number of carbonyl (C=O) groups is 2. The molecule has 0 aliphatic heterocycles.